The van der Waals surface area contributed by atoms with Crippen LogP contribution in [0.5, 0.6) is 0 Å². The minimum absolute atomic E-state index is 0.120. The van der Waals surface area contributed by atoms with Gasteiger partial charge in [0.2, 0.25) is 0 Å². The van der Waals surface area contributed by atoms with Crippen LogP contribution >= 0.6 is 11.3 Å². The van der Waals surface area contributed by atoms with E-state index in [1.807, 2.05) is 24.3 Å². The fourth-order valence-electron chi connectivity index (χ4n) is 2.20. The Labute approximate surface area is 113 Å². The normalized spacial score (nSPS) is 16.4. The lowest BCUT2D eigenvalue weighted by atomic mass is 9.99. The quantitative estimate of drug-likeness (QED) is 0.640. The van der Waals surface area contributed by atoms with Crippen molar-refractivity contribution in [3.8, 4) is 0 Å². The van der Waals surface area contributed by atoms with Crippen molar-refractivity contribution in [3.63, 3.8) is 0 Å². The Morgan fingerprint density at radius 2 is 2.26 bits per heavy atom. The van der Waals surface area contributed by atoms with Crippen LogP contribution in [0.3, 0.4) is 0 Å². The minimum Gasteiger partial charge on any atom is -0.411 e. The Balaban J connectivity index is 2.03. The van der Waals surface area contributed by atoms with Crippen LogP contribution < -0.4 is 4.90 Å². The van der Waals surface area contributed by atoms with E-state index in [-0.39, 0.29) is 5.91 Å². The van der Waals surface area contributed by atoms with E-state index >= 15 is 0 Å². The fourth-order valence-corrected chi connectivity index (χ4v) is 2.72. The first-order chi connectivity index (χ1) is 9.31. The molecule has 1 aliphatic rings. The van der Waals surface area contributed by atoms with Gasteiger partial charge >= 0.3 is 0 Å². The maximum atomic E-state index is 12.4. The summed E-state index contributed by atoms with van der Waals surface area (Å²) in [6, 6.07) is 7.43. The fraction of sp³-hybridized carbons (Fsp3) is 0.154. The number of oxime groups is 1. The Kier molecular flexibility index (Phi) is 3.00. The molecule has 6 heteroatoms. The lowest BCUT2D eigenvalue weighted by Crippen LogP contribution is -2.37. The number of amides is 1. The van der Waals surface area contributed by atoms with E-state index in [1.54, 1.807) is 15.8 Å². The Morgan fingerprint density at radius 3 is 3.00 bits per heavy atom. The van der Waals surface area contributed by atoms with Crippen molar-refractivity contribution in [2.24, 2.45) is 5.16 Å². The molecule has 0 atom stereocenters. The van der Waals surface area contributed by atoms with E-state index in [2.05, 4.69) is 10.1 Å². The highest BCUT2D eigenvalue weighted by Crippen LogP contribution is 2.28. The van der Waals surface area contributed by atoms with E-state index in [9.17, 15) is 4.79 Å². The zero-order valence-electron chi connectivity index (χ0n) is 9.98. The molecule has 2 heterocycles. The largest absolute Gasteiger partial charge is 0.411 e. The van der Waals surface area contributed by atoms with Crippen LogP contribution in [-0.4, -0.2) is 28.4 Å². The van der Waals surface area contributed by atoms with Gasteiger partial charge in [0.1, 0.15) is 5.69 Å². The van der Waals surface area contributed by atoms with Gasteiger partial charge in [0.15, 0.2) is 0 Å². The summed E-state index contributed by atoms with van der Waals surface area (Å²) in [6.45, 7) is 0.493. The summed E-state index contributed by atoms with van der Waals surface area (Å²) in [5.41, 5.74) is 4.26. The van der Waals surface area contributed by atoms with E-state index in [1.165, 1.54) is 11.3 Å². The molecule has 0 spiro atoms. The van der Waals surface area contributed by atoms with E-state index in [0.29, 0.717) is 24.4 Å². The van der Waals surface area contributed by atoms with E-state index in [4.69, 9.17) is 5.21 Å². The number of para-hydroxylation sites is 1. The van der Waals surface area contributed by atoms with Crippen molar-refractivity contribution in [2.45, 2.75) is 6.42 Å². The van der Waals surface area contributed by atoms with Crippen molar-refractivity contribution in [3.05, 3.63) is 46.4 Å². The molecule has 0 saturated carbocycles. The zero-order valence-corrected chi connectivity index (χ0v) is 10.8. The molecule has 0 aliphatic carbocycles. The highest BCUT2D eigenvalue weighted by molar-refractivity contribution is 7.07. The number of carbonyl (C=O) groups excluding carboxylic acids is 1. The average Bonchev–Trinajstić information content (AvgIpc) is 2.99. The molecule has 0 radical (unpaired) electrons. The molecule has 1 N–H and O–H groups in total. The number of aromatic nitrogens is 1. The first-order valence-electron chi connectivity index (χ1n) is 5.81. The third-order valence-corrected chi connectivity index (χ3v) is 3.68. The number of benzene rings is 1. The molecule has 5 nitrogen and oxygen atoms in total. The molecule has 1 aliphatic heterocycles. The molecular formula is C13H11N3O2S. The topological polar surface area (TPSA) is 65.8 Å². The Morgan fingerprint density at radius 1 is 1.42 bits per heavy atom. The summed E-state index contributed by atoms with van der Waals surface area (Å²) in [5.74, 6) is -0.120. The third-order valence-electron chi connectivity index (χ3n) is 3.10. The van der Waals surface area contributed by atoms with Crippen LogP contribution in [0.4, 0.5) is 5.69 Å². The van der Waals surface area contributed by atoms with Gasteiger partial charge in [-0.2, -0.15) is 0 Å². The van der Waals surface area contributed by atoms with Gasteiger partial charge in [0.25, 0.3) is 5.91 Å². The minimum atomic E-state index is -0.120. The monoisotopic (exact) mass is 273 g/mol. The molecule has 0 bridgehead atoms. The maximum Gasteiger partial charge on any atom is 0.277 e. The van der Waals surface area contributed by atoms with Gasteiger partial charge in [0, 0.05) is 23.9 Å². The number of hydrogen-bond acceptors (Lipinski definition) is 5. The second-order valence-corrected chi connectivity index (χ2v) is 4.86. The molecule has 0 saturated heterocycles. The smallest absolute Gasteiger partial charge is 0.277 e. The second kappa shape index (κ2) is 4.81. The van der Waals surface area contributed by atoms with Gasteiger partial charge in [-0.15, -0.1) is 11.3 Å². The maximum absolute atomic E-state index is 12.4. The highest BCUT2D eigenvalue weighted by Gasteiger charge is 2.27. The summed E-state index contributed by atoms with van der Waals surface area (Å²) < 4.78 is 0. The molecule has 1 amide bonds. The predicted octanol–water partition coefficient (Wildman–Crippen LogP) is 2.37. The molecule has 2 aromatic rings. The van der Waals surface area contributed by atoms with Gasteiger partial charge in [0.05, 0.1) is 16.9 Å². The van der Waals surface area contributed by atoms with Crippen LogP contribution in [0.2, 0.25) is 0 Å². The first kappa shape index (κ1) is 11.9. The lowest BCUT2D eigenvalue weighted by molar-refractivity contribution is 0.0983. The molecule has 1 aromatic heterocycles. The Hall–Kier alpha value is -2.21. The molecule has 3 rings (SSSR count). The standard InChI is InChI=1S/C13H11N3O2S/c17-13(11-7-19-8-14-11)16-6-5-10(15-18)9-3-1-2-4-12(9)16/h1-4,7-8,18H,5-6H2. The number of fused-ring (bicyclic) bond motifs is 1. The summed E-state index contributed by atoms with van der Waals surface area (Å²) in [6.07, 6.45) is 0.531. The summed E-state index contributed by atoms with van der Waals surface area (Å²) in [7, 11) is 0. The van der Waals surface area contributed by atoms with Gasteiger partial charge in [-0.05, 0) is 6.07 Å². The van der Waals surface area contributed by atoms with Crippen molar-refractivity contribution in [1.29, 1.82) is 0 Å². The Bertz CT molecular complexity index is 637. The van der Waals surface area contributed by atoms with Gasteiger partial charge < -0.3 is 10.1 Å². The number of hydrogen-bond donors (Lipinski definition) is 1. The summed E-state index contributed by atoms with van der Waals surface area (Å²) in [4.78, 5) is 18.1. The number of rotatable bonds is 1. The number of thiazole rings is 1. The van der Waals surface area contributed by atoms with Crippen molar-refractivity contribution in [2.75, 3.05) is 11.4 Å². The number of carbonyl (C=O) groups is 1. The molecule has 0 unspecified atom stereocenters. The molecule has 19 heavy (non-hydrogen) atoms. The van der Waals surface area contributed by atoms with Crippen LogP contribution in [0.25, 0.3) is 0 Å². The van der Waals surface area contributed by atoms with Gasteiger partial charge in [-0.1, -0.05) is 23.4 Å². The number of anilines is 1. The van der Waals surface area contributed by atoms with Crippen LogP contribution in [0.1, 0.15) is 22.5 Å². The molecule has 0 fully saturated rings. The van der Waals surface area contributed by atoms with Crippen LogP contribution in [0, 0.1) is 0 Å². The predicted molar refractivity (Wildman–Crippen MR) is 73.2 cm³/mol. The summed E-state index contributed by atoms with van der Waals surface area (Å²) >= 11 is 1.40. The second-order valence-electron chi connectivity index (χ2n) is 4.14. The average molecular weight is 273 g/mol. The summed E-state index contributed by atoms with van der Waals surface area (Å²) in [5, 5.41) is 14.1. The molecule has 1 aromatic carbocycles. The van der Waals surface area contributed by atoms with E-state index in [0.717, 1.165) is 11.3 Å². The van der Waals surface area contributed by atoms with Crippen LogP contribution in [0.15, 0.2) is 40.3 Å². The highest BCUT2D eigenvalue weighted by atomic mass is 32.1. The SMILES string of the molecule is O=C(c1cscn1)N1CCC(=NO)c2ccccc21. The van der Waals surface area contributed by atoms with E-state index < -0.39 is 0 Å². The first-order valence-corrected chi connectivity index (χ1v) is 6.76. The van der Waals surface area contributed by atoms with Crippen molar-refractivity contribution >= 4 is 28.6 Å². The molecular weight excluding hydrogens is 262 g/mol. The third kappa shape index (κ3) is 2.00. The zero-order chi connectivity index (χ0) is 13.2. The molecule has 96 valence electrons. The van der Waals surface area contributed by atoms with Crippen molar-refractivity contribution < 1.29 is 10.0 Å². The van der Waals surface area contributed by atoms with Gasteiger partial charge in [-0.25, -0.2) is 4.98 Å². The van der Waals surface area contributed by atoms with Gasteiger partial charge in [-0.3, -0.25) is 4.79 Å². The van der Waals surface area contributed by atoms with Crippen LogP contribution in [-0.2, 0) is 0 Å². The lowest BCUT2D eigenvalue weighted by Gasteiger charge is -2.29. The number of nitrogens with zero attached hydrogens (tertiary/aromatic N) is 3. The van der Waals surface area contributed by atoms with Crippen molar-refractivity contribution in [1.82, 2.24) is 4.98 Å².